The smallest absolute Gasteiger partial charge is 0.293 e. The maximum Gasteiger partial charge on any atom is 0.293 e. The number of hydrogen-bond donors (Lipinski definition) is 0. The first-order valence-electron chi connectivity index (χ1n) is 6.16. The second-order valence-corrected chi connectivity index (χ2v) is 4.99. The highest BCUT2D eigenvalue weighted by atomic mass is 79.9. The van der Waals surface area contributed by atoms with Crippen LogP contribution in [0.1, 0.15) is 26.2 Å². The fraction of sp³-hybridized carbons (Fsp3) is 0.667. The lowest BCUT2D eigenvalue weighted by molar-refractivity contribution is 0.484. The number of piperidine rings is 1. The maximum atomic E-state index is 12.2. The van der Waals surface area contributed by atoms with E-state index >= 15 is 0 Å². The summed E-state index contributed by atoms with van der Waals surface area (Å²) in [4.78, 5) is 18.6. The molecule has 1 fully saturated rings. The van der Waals surface area contributed by atoms with Crippen molar-refractivity contribution in [1.82, 2.24) is 9.55 Å². The molecule has 0 saturated carbocycles. The van der Waals surface area contributed by atoms with Gasteiger partial charge in [-0.2, -0.15) is 0 Å². The molecule has 17 heavy (non-hydrogen) atoms. The lowest BCUT2D eigenvalue weighted by Crippen LogP contribution is -2.44. The normalized spacial score (nSPS) is 20.6. The Bertz CT molecular complexity index is 432. The molecule has 5 heteroatoms. The van der Waals surface area contributed by atoms with Crippen LogP contribution in [0.3, 0.4) is 0 Å². The van der Waals surface area contributed by atoms with E-state index in [0.29, 0.717) is 18.4 Å². The Morgan fingerprint density at radius 1 is 1.53 bits per heavy atom. The van der Waals surface area contributed by atoms with Crippen molar-refractivity contribution in [2.75, 3.05) is 16.8 Å². The van der Waals surface area contributed by atoms with Gasteiger partial charge >= 0.3 is 0 Å². The fourth-order valence-electron chi connectivity index (χ4n) is 2.32. The molecule has 0 aromatic carbocycles. The first kappa shape index (κ1) is 12.6. The van der Waals surface area contributed by atoms with Crippen molar-refractivity contribution < 1.29 is 0 Å². The van der Waals surface area contributed by atoms with Gasteiger partial charge in [0, 0.05) is 36.9 Å². The predicted octanol–water partition coefficient (Wildman–Crippen LogP) is 2.02. The van der Waals surface area contributed by atoms with Crippen LogP contribution in [0.25, 0.3) is 0 Å². The van der Waals surface area contributed by atoms with Crippen LogP contribution in [0.4, 0.5) is 5.82 Å². The third-order valence-electron chi connectivity index (χ3n) is 3.31. The van der Waals surface area contributed by atoms with E-state index in [2.05, 4.69) is 25.8 Å². The van der Waals surface area contributed by atoms with Gasteiger partial charge in [-0.05, 0) is 26.2 Å². The van der Waals surface area contributed by atoms with Crippen LogP contribution in [0, 0.1) is 0 Å². The Kier molecular flexibility index (Phi) is 4.20. The third kappa shape index (κ3) is 2.54. The summed E-state index contributed by atoms with van der Waals surface area (Å²) in [6.45, 7) is 3.61. The number of halogens is 1. The molecule has 1 atom stereocenters. The van der Waals surface area contributed by atoms with Crippen LogP contribution in [-0.4, -0.2) is 27.5 Å². The van der Waals surface area contributed by atoms with Gasteiger partial charge in [0.1, 0.15) is 0 Å². The second kappa shape index (κ2) is 5.67. The van der Waals surface area contributed by atoms with Crippen molar-refractivity contribution >= 4 is 21.7 Å². The van der Waals surface area contributed by atoms with Crippen LogP contribution < -0.4 is 10.5 Å². The van der Waals surface area contributed by atoms with E-state index in [1.165, 1.54) is 6.42 Å². The van der Waals surface area contributed by atoms with Gasteiger partial charge in [0.25, 0.3) is 5.56 Å². The molecule has 1 aliphatic heterocycles. The van der Waals surface area contributed by atoms with Gasteiger partial charge in [-0.1, -0.05) is 15.9 Å². The Morgan fingerprint density at radius 3 is 3.06 bits per heavy atom. The van der Waals surface area contributed by atoms with Gasteiger partial charge in [0.2, 0.25) is 0 Å². The van der Waals surface area contributed by atoms with Crippen LogP contribution in [0.15, 0.2) is 17.2 Å². The molecule has 0 spiro atoms. The molecule has 94 valence electrons. The average Bonchev–Trinajstić information content (AvgIpc) is 2.39. The first-order chi connectivity index (χ1) is 8.27. The zero-order chi connectivity index (χ0) is 12.3. The molecule has 0 bridgehead atoms. The highest BCUT2D eigenvalue weighted by molar-refractivity contribution is 9.09. The van der Waals surface area contributed by atoms with Gasteiger partial charge in [0.15, 0.2) is 5.82 Å². The largest absolute Gasteiger partial charge is 0.348 e. The molecule has 4 nitrogen and oxygen atoms in total. The van der Waals surface area contributed by atoms with Crippen LogP contribution in [-0.2, 0) is 6.54 Å². The molecular formula is C12H18BrN3O. The summed E-state index contributed by atoms with van der Waals surface area (Å²) in [6, 6.07) is 0.400. The molecule has 1 aromatic heterocycles. The van der Waals surface area contributed by atoms with E-state index in [0.717, 1.165) is 24.7 Å². The van der Waals surface area contributed by atoms with Gasteiger partial charge in [0.05, 0.1) is 0 Å². The summed E-state index contributed by atoms with van der Waals surface area (Å²) in [6.07, 6.45) is 6.99. The van der Waals surface area contributed by atoms with E-state index in [4.69, 9.17) is 0 Å². The number of aryl methyl sites for hydroxylation is 1. The Morgan fingerprint density at radius 2 is 2.35 bits per heavy atom. The highest BCUT2D eigenvalue weighted by Crippen LogP contribution is 2.21. The molecule has 1 saturated heterocycles. The molecule has 1 aromatic rings. The van der Waals surface area contributed by atoms with Gasteiger partial charge in [-0.25, -0.2) is 4.98 Å². The molecule has 0 N–H and O–H groups in total. The van der Waals surface area contributed by atoms with Crippen molar-refractivity contribution in [3.63, 3.8) is 0 Å². The molecular weight excluding hydrogens is 282 g/mol. The van der Waals surface area contributed by atoms with Crippen LogP contribution in [0.5, 0.6) is 0 Å². The van der Waals surface area contributed by atoms with Crippen molar-refractivity contribution in [3.05, 3.63) is 22.7 Å². The zero-order valence-electron chi connectivity index (χ0n) is 10.1. The summed E-state index contributed by atoms with van der Waals surface area (Å²) < 4.78 is 1.71. The highest BCUT2D eigenvalue weighted by Gasteiger charge is 2.24. The van der Waals surface area contributed by atoms with Gasteiger partial charge in [-0.3, -0.25) is 4.79 Å². The van der Waals surface area contributed by atoms with Gasteiger partial charge < -0.3 is 9.47 Å². The molecule has 1 unspecified atom stereocenters. The summed E-state index contributed by atoms with van der Waals surface area (Å²) in [7, 11) is 0. The minimum absolute atomic E-state index is 0.0304. The van der Waals surface area contributed by atoms with Crippen molar-refractivity contribution in [2.24, 2.45) is 0 Å². The van der Waals surface area contributed by atoms with E-state index in [-0.39, 0.29) is 5.56 Å². The van der Waals surface area contributed by atoms with Gasteiger partial charge in [-0.15, -0.1) is 0 Å². The lowest BCUT2D eigenvalue weighted by atomic mass is 10.0. The minimum atomic E-state index is 0.0304. The third-order valence-corrected chi connectivity index (χ3v) is 4.06. The van der Waals surface area contributed by atoms with E-state index in [9.17, 15) is 4.79 Å². The first-order valence-corrected chi connectivity index (χ1v) is 7.28. The number of aromatic nitrogens is 2. The minimum Gasteiger partial charge on any atom is -0.348 e. The van der Waals surface area contributed by atoms with Crippen molar-refractivity contribution in [1.29, 1.82) is 0 Å². The molecule has 0 radical (unpaired) electrons. The second-order valence-electron chi connectivity index (χ2n) is 4.34. The topological polar surface area (TPSA) is 38.1 Å². The monoisotopic (exact) mass is 299 g/mol. The SMILES string of the molecule is CCn1ccnc(N2CCCCC2CBr)c1=O. The van der Waals surface area contributed by atoms with Crippen LogP contribution in [0.2, 0.25) is 0 Å². The van der Waals surface area contributed by atoms with Crippen molar-refractivity contribution in [2.45, 2.75) is 38.8 Å². The number of nitrogens with zero attached hydrogens (tertiary/aromatic N) is 3. The number of hydrogen-bond acceptors (Lipinski definition) is 3. The quantitative estimate of drug-likeness (QED) is 0.802. The standard InChI is InChI=1S/C12H18BrN3O/c1-2-15-8-6-14-11(12(15)17)16-7-4-3-5-10(16)9-13/h6,8,10H,2-5,7,9H2,1H3. The molecule has 1 aliphatic rings. The lowest BCUT2D eigenvalue weighted by Gasteiger charge is -2.35. The van der Waals surface area contributed by atoms with E-state index in [1.54, 1.807) is 17.0 Å². The summed E-state index contributed by atoms with van der Waals surface area (Å²) in [5.41, 5.74) is 0.0304. The Hall–Kier alpha value is -0.840. The molecule has 2 rings (SSSR count). The average molecular weight is 300 g/mol. The molecule has 0 aliphatic carbocycles. The number of rotatable bonds is 3. The summed E-state index contributed by atoms with van der Waals surface area (Å²) in [5, 5.41) is 0.898. The van der Waals surface area contributed by atoms with Crippen molar-refractivity contribution in [3.8, 4) is 0 Å². The van der Waals surface area contributed by atoms with E-state index < -0.39 is 0 Å². The summed E-state index contributed by atoms with van der Waals surface area (Å²) in [5.74, 6) is 0.610. The zero-order valence-corrected chi connectivity index (χ0v) is 11.7. The number of alkyl halides is 1. The summed E-state index contributed by atoms with van der Waals surface area (Å²) >= 11 is 3.53. The van der Waals surface area contributed by atoms with Crippen LogP contribution >= 0.6 is 15.9 Å². The van der Waals surface area contributed by atoms with E-state index in [1.807, 2.05) is 6.92 Å². The molecule has 0 amide bonds. The fourth-order valence-corrected chi connectivity index (χ4v) is 2.99. The number of anilines is 1. The predicted molar refractivity (Wildman–Crippen MR) is 73.0 cm³/mol. The Balaban J connectivity index is 2.35. The Labute approximate surface area is 110 Å². The maximum absolute atomic E-state index is 12.2. The molecule has 2 heterocycles.